The Hall–Kier alpha value is -5.29. The third kappa shape index (κ3) is 6.41. The second-order valence-corrected chi connectivity index (χ2v) is 13.7. The maximum Gasteiger partial charge on any atom is 0.319 e. The molecule has 0 spiro atoms. The smallest absolute Gasteiger partial charge is 0.319 e. The summed E-state index contributed by atoms with van der Waals surface area (Å²) in [4.78, 5) is 23.8. The quantitative estimate of drug-likeness (QED) is 0.189. The molecule has 2 aromatic carbocycles. The Bertz CT molecular complexity index is 2240. The number of hydrogen-bond donors (Lipinski definition) is 1. The maximum absolute atomic E-state index is 17.1. The molecule has 6 heterocycles. The number of piperazine rings is 1. The van der Waals surface area contributed by atoms with Gasteiger partial charge in [0.25, 0.3) is 0 Å². The van der Waals surface area contributed by atoms with Gasteiger partial charge in [-0.25, -0.2) is 18.2 Å². The van der Waals surface area contributed by atoms with E-state index in [1.165, 1.54) is 13.2 Å². The van der Waals surface area contributed by atoms with Gasteiger partial charge in [-0.1, -0.05) is 42.3 Å². The number of fused-ring (bicyclic) bond motifs is 3. The number of alkyl halides is 1. The Morgan fingerprint density at radius 3 is 2.62 bits per heavy atom. The predicted molar refractivity (Wildman–Crippen MR) is 196 cm³/mol. The second-order valence-electron chi connectivity index (χ2n) is 13.7. The van der Waals surface area contributed by atoms with Gasteiger partial charge in [0.2, 0.25) is 5.88 Å². The number of benzene rings is 2. The third-order valence-corrected chi connectivity index (χ3v) is 10.6. The van der Waals surface area contributed by atoms with E-state index in [4.69, 9.17) is 25.9 Å². The molecule has 13 heteroatoms. The summed E-state index contributed by atoms with van der Waals surface area (Å²) in [6.07, 6.45) is 8.25. The molecule has 8 rings (SSSR count). The van der Waals surface area contributed by atoms with Crippen LogP contribution in [-0.4, -0.2) is 106 Å². The topological polar surface area (TPSA) is 100.0 Å². The summed E-state index contributed by atoms with van der Waals surface area (Å²) >= 11 is 0. The first-order valence-corrected chi connectivity index (χ1v) is 17.7. The lowest BCUT2D eigenvalue weighted by atomic mass is 9.95. The summed E-state index contributed by atoms with van der Waals surface area (Å²) in [6, 6.07) is 16.1. The molecule has 0 radical (unpaired) electrons. The first kappa shape index (κ1) is 34.8. The highest BCUT2D eigenvalue weighted by Crippen LogP contribution is 2.43. The summed E-state index contributed by atoms with van der Waals surface area (Å²) in [5.74, 6) is 1.67. The van der Waals surface area contributed by atoms with Crippen molar-refractivity contribution in [1.29, 1.82) is 0 Å². The zero-order chi connectivity index (χ0) is 36.7. The molecule has 3 saturated heterocycles. The van der Waals surface area contributed by atoms with E-state index in [1.807, 2.05) is 29.2 Å². The van der Waals surface area contributed by atoms with Crippen molar-refractivity contribution in [2.45, 2.75) is 37.2 Å². The van der Waals surface area contributed by atoms with Gasteiger partial charge in [-0.3, -0.25) is 14.8 Å². The van der Waals surface area contributed by atoms with Gasteiger partial charge in [-0.2, -0.15) is 9.97 Å². The minimum absolute atomic E-state index is 0.00187. The summed E-state index contributed by atoms with van der Waals surface area (Å²) in [7, 11) is 1.44. The first-order valence-electron chi connectivity index (χ1n) is 17.7. The van der Waals surface area contributed by atoms with Crippen molar-refractivity contribution in [3.8, 4) is 35.5 Å². The van der Waals surface area contributed by atoms with Crippen LogP contribution in [0.4, 0.5) is 19.0 Å². The van der Waals surface area contributed by atoms with Crippen molar-refractivity contribution >= 4 is 33.6 Å². The summed E-state index contributed by atoms with van der Waals surface area (Å²) in [5.41, 5.74) is 0.895. The van der Waals surface area contributed by atoms with E-state index in [9.17, 15) is 9.50 Å². The number of hydrogen-bond acceptors (Lipinski definition) is 10. The molecule has 3 aliphatic heterocycles. The lowest BCUT2D eigenvalue weighted by Gasteiger charge is -2.37. The van der Waals surface area contributed by atoms with Crippen LogP contribution in [0.2, 0.25) is 0 Å². The fraction of sp³-hybridized carbons (Fsp3) is 0.350. The van der Waals surface area contributed by atoms with Crippen LogP contribution >= 0.6 is 0 Å². The summed E-state index contributed by atoms with van der Waals surface area (Å²) < 4.78 is 59.0. The number of nitrogens with zero attached hydrogens (tertiary/aromatic N) is 7. The molecule has 0 saturated carbocycles. The zero-order valence-corrected chi connectivity index (χ0v) is 29.2. The summed E-state index contributed by atoms with van der Waals surface area (Å²) in [5, 5.41) is 12.6. The molecule has 3 aromatic heterocycles. The van der Waals surface area contributed by atoms with Crippen LogP contribution in [0.25, 0.3) is 39.0 Å². The van der Waals surface area contributed by atoms with Crippen LogP contribution in [0.5, 0.6) is 11.9 Å². The summed E-state index contributed by atoms with van der Waals surface area (Å²) in [6.45, 7) is 2.38. The van der Waals surface area contributed by atoms with Crippen LogP contribution in [0, 0.1) is 18.2 Å². The van der Waals surface area contributed by atoms with Gasteiger partial charge in [0.05, 0.1) is 18.3 Å². The Morgan fingerprint density at radius 1 is 1.06 bits per heavy atom. The van der Waals surface area contributed by atoms with Gasteiger partial charge in [0.1, 0.15) is 41.0 Å². The molecule has 5 aromatic rings. The van der Waals surface area contributed by atoms with E-state index < -0.39 is 29.6 Å². The molecular formula is C40H38F3N7O3. The highest BCUT2D eigenvalue weighted by atomic mass is 19.1. The molecular weight excluding hydrogens is 683 g/mol. The number of aliphatic hydroxyl groups excluding tert-OH is 1. The van der Waals surface area contributed by atoms with Gasteiger partial charge in [-0.05, 0) is 49.0 Å². The lowest BCUT2D eigenvalue weighted by molar-refractivity contribution is 0.0140. The number of rotatable bonds is 9. The largest absolute Gasteiger partial charge is 0.480 e. The molecule has 3 fully saturated rings. The number of anilines is 1. The van der Waals surface area contributed by atoms with Crippen molar-refractivity contribution in [2.24, 2.45) is 0 Å². The maximum atomic E-state index is 17.1. The molecule has 1 unspecified atom stereocenters. The lowest BCUT2D eigenvalue weighted by Crippen LogP contribution is -2.51. The second kappa shape index (κ2) is 14.3. The third-order valence-electron chi connectivity index (χ3n) is 10.6. The van der Waals surface area contributed by atoms with Crippen molar-refractivity contribution in [1.82, 2.24) is 29.7 Å². The van der Waals surface area contributed by atoms with E-state index >= 15 is 8.78 Å². The first-order chi connectivity index (χ1) is 25.8. The highest BCUT2D eigenvalue weighted by Gasteiger charge is 2.49. The molecule has 3 aliphatic rings. The number of halogens is 3. The van der Waals surface area contributed by atoms with Crippen LogP contribution in [0.1, 0.15) is 30.5 Å². The molecule has 0 amide bonds. The van der Waals surface area contributed by atoms with E-state index in [1.54, 1.807) is 41.4 Å². The van der Waals surface area contributed by atoms with Crippen molar-refractivity contribution in [3.05, 3.63) is 83.7 Å². The number of pyridine rings is 2. The molecule has 3 atom stereocenters. The van der Waals surface area contributed by atoms with Crippen molar-refractivity contribution in [2.75, 3.05) is 57.9 Å². The number of ether oxygens (including phenoxy) is 2. The fourth-order valence-corrected chi connectivity index (χ4v) is 8.06. The predicted octanol–water partition coefficient (Wildman–Crippen LogP) is 5.78. The molecule has 53 heavy (non-hydrogen) atoms. The Balaban J connectivity index is 1.19. The van der Waals surface area contributed by atoms with Gasteiger partial charge >= 0.3 is 6.01 Å². The Labute approximate surface area is 304 Å². The Morgan fingerprint density at radius 2 is 1.87 bits per heavy atom. The average molecular weight is 722 g/mol. The van der Waals surface area contributed by atoms with E-state index in [-0.39, 0.29) is 48.2 Å². The minimum Gasteiger partial charge on any atom is -0.480 e. The van der Waals surface area contributed by atoms with Gasteiger partial charge in [0.15, 0.2) is 12.0 Å². The van der Waals surface area contributed by atoms with Crippen molar-refractivity contribution < 1.29 is 27.8 Å². The minimum atomic E-state index is -1.48. The normalized spacial score (nSPS) is 21.5. The molecule has 272 valence electrons. The molecule has 10 nitrogen and oxygen atoms in total. The van der Waals surface area contributed by atoms with E-state index in [0.29, 0.717) is 54.1 Å². The number of aromatic nitrogens is 4. The van der Waals surface area contributed by atoms with Crippen LogP contribution in [0.3, 0.4) is 0 Å². The number of aliphatic hydroxyl groups is 1. The van der Waals surface area contributed by atoms with Crippen LogP contribution < -0.4 is 14.4 Å². The molecule has 0 aliphatic carbocycles. The van der Waals surface area contributed by atoms with Crippen LogP contribution in [0.15, 0.2) is 66.6 Å². The molecule has 1 N–H and O–H groups in total. The average Bonchev–Trinajstić information content (AvgIpc) is 3.72. The molecule has 0 bridgehead atoms. The number of methoxy groups -OCH3 is 1. The van der Waals surface area contributed by atoms with E-state index in [0.717, 1.165) is 24.8 Å². The van der Waals surface area contributed by atoms with Gasteiger partial charge < -0.3 is 19.5 Å². The van der Waals surface area contributed by atoms with Crippen LogP contribution in [-0.2, 0) is 0 Å². The number of terminal acetylenes is 1. The zero-order valence-electron chi connectivity index (χ0n) is 29.2. The SMILES string of the molecule is C#Cc1cccc2cccc(-c3nc(OC)c4c(N5CCN(C(O)/C(F)=C/c6ccccn6)CC5)nc(OC[C@@]56CCCN5C[C@H](F)C6)nc4c3F)c12. The van der Waals surface area contributed by atoms with E-state index in [2.05, 4.69) is 20.8 Å². The van der Waals surface area contributed by atoms with Crippen molar-refractivity contribution in [3.63, 3.8) is 0 Å². The highest BCUT2D eigenvalue weighted by molar-refractivity contribution is 6.03. The van der Waals surface area contributed by atoms with Gasteiger partial charge in [-0.15, -0.1) is 6.42 Å². The fourth-order valence-electron chi connectivity index (χ4n) is 8.06. The standard InChI is InChI=1S/C40H38F3N7O3/c1-3-25-9-6-10-26-11-7-13-29(31(25)26)34-33(43)35-32(37(45-34)52-2)36(47-39(46-35)53-24-40-14-8-16-50(40)23-27(41)22-40)48-17-19-49(20-18-48)38(51)30(42)21-28-12-4-5-15-44-28/h1,4-7,9-13,15,21,27,38,51H,8,14,16-20,22-24H2,2H3/b30-21-/t27-,38?,40+/m1/s1. The van der Waals surface area contributed by atoms with Gasteiger partial charge in [0, 0.05) is 61.9 Å². The monoisotopic (exact) mass is 721 g/mol. The Kier molecular flexibility index (Phi) is 9.36.